The van der Waals surface area contributed by atoms with Gasteiger partial charge in [-0.05, 0) is 140 Å². The lowest BCUT2D eigenvalue weighted by Gasteiger charge is -2.28. The largest absolute Gasteiger partial charge is 0.310 e. The summed E-state index contributed by atoms with van der Waals surface area (Å²) >= 11 is 0. The second kappa shape index (κ2) is 16.3. The topological polar surface area (TPSA) is 15.3 Å². The Balaban J connectivity index is 1.14. The molecule has 0 amide bonds. The van der Waals surface area contributed by atoms with E-state index in [1.165, 1.54) is 132 Å². The molecule has 0 N–H and O–H groups in total. The normalized spacial score (nSPS) is 12.1. The number of para-hydroxylation sites is 4. The van der Waals surface area contributed by atoms with Gasteiger partial charge in [-0.2, -0.15) is 0 Å². The number of aryl methyl sites for hydroxylation is 5. The van der Waals surface area contributed by atoms with Crippen LogP contribution in [0.5, 0.6) is 0 Å². The number of hydrogen-bond donors (Lipinski definition) is 0. The molecule has 4 nitrogen and oxygen atoms in total. The second-order valence-corrected chi connectivity index (χ2v) is 20.8. The van der Waals surface area contributed by atoms with E-state index in [4.69, 9.17) is 0 Å². The average molecular weight is 961 g/mol. The van der Waals surface area contributed by atoms with Crippen LogP contribution >= 0.6 is 0 Å². The number of fused-ring (bicyclic) bond motifs is 12. The zero-order chi connectivity index (χ0) is 50.2. The molecule has 0 spiro atoms. The van der Waals surface area contributed by atoms with E-state index >= 15 is 0 Å². The van der Waals surface area contributed by atoms with Crippen LogP contribution in [-0.2, 0) is 0 Å². The third kappa shape index (κ3) is 6.23. The van der Waals surface area contributed by atoms with Gasteiger partial charge < -0.3 is 18.6 Å². The fourth-order valence-electron chi connectivity index (χ4n) is 13.3. The Labute approximate surface area is 435 Å². The molecule has 4 heterocycles. The van der Waals surface area contributed by atoms with E-state index in [1.807, 2.05) is 0 Å². The van der Waals surface area contributed by atoms with Crippen molar-refractivity contribution in [3.05, 3.63) is 252 Å². The molecule has 0 aliphatic heterocycles. The van der Waals surface area contributed by atoms with Crippen LogP contribution in [0.4, 0.5) is 34.1 Å². The van der Waals surface area contributed by atoms with Crippen LogP contribution in [0.3, 0.4) is 0 Å². The molecule has 0 bridgehead atoms. The van der Waals surface area contributed by atoms with Crippen LogP contribution in [0.2, 0.25) is 0 Å². The molecule has 15 rings (SSSR count). The third-order valence-electron chi connectivity index (χ3n) is 15.9. The van der Waals surface area contributed by atoms with E-state index in [2.05, 4.69) is 278 Å². The lowest BCUT2D eigenvalue weighted by molar-refractivity contribution is 1.24. The lowest BCUT2D eigenvalue weighted by atomic mass is 9.89. The Morgan fingerprint density at radius 3 is 1.12 bits per heavy atom. The predicted octanol–water partition coefficient (Wildman–Crippen LogP) is 19.8. The monoisotopic (exact) mass is 960 g/mol. The molecular weight excluding hydrogens is 909 g/mol. The highest BCUT2D eigenvalue weighted by molar-refractivity contribution is 6.39. The number of anilines is 6. The van der Waals surface area contributed by atoms with Gasteiger partial charge in [-0.15, -0.1) is 0 Å². The Kier molecular flexibility index (Phi) is 9.40. The maximum Gasteiger partial charge on any atom is 0.0634 e. The summed E-state index contributed by atoms with van der Waals surface area (Å²) in [7, 11) is 0. The van der Waals surface area contributed by atoms with Gasteiger partial charge in [0.05, 0.1) is 44.5 Å². The SMILES string of the molecule is Cc1cc(C)cc(N(c2ccccc2)c2cccc3c2c2cccc4c5c(-c6ccccc6)c6c(c(-c7ccccc7)c5n3c24)c2cccc3c4c(N(c5cc(C)cc(C)c5)c5ccccc5C)cccc4n6c32)c1. The van der Waals surface area contributed by atoms with Crippen molar-refractivity contribution in [1.29, 1.82) is 0 Å². The second-order valence-electron chi connectivity index (χ2n) is 20.8. The lowest BCUT2D eigenvalue weighted by Crippen LogP contribution is -2.12. The van der Waals surface area contributed by atoms with Crippen LogP contribution < -0.4 is 9.80 Å². The number of benzene rings is 11. The maximum atomic E-state index is 2.64. The van der Waals surface area contributed by atoms with Crippen molar-refractivity contribution in [2.24, 2.45) is 0 Å². The first-order valence-electron chi connectivity index (χ1n) is 26.2. The fraction of sp³-hybridized carbons (Fsp3) is 0.0704. The molecule has 0 aliphatic carbocycles. The molecule has 356 valence electrons. The van der Waals surface area contributed by atoms with Crippen molar-refractivity contribution < 1.29 is 0 Å². The first kappa shape index (κ1) is 43.2. The number of nitrogens with zero attached hydrogens (tertiary/aromatic N) is 4. The molecule has 0 atom stereocenters. The number of aromatic nitrogens is 2. The third-order valence-corrected chi connectivity index (χ3v) is 15.9. The molecule has 0 saturated heterocycles. The molecule has 0 saturated carbocycles. The van der Waals surface area contributed by atoms with Gasteiger partial charge in [0, 0.05) is 77.0 Å². The van der Waals surface area contributed by atoms with E-state index in [0.717, 1.165) is 28.4 Å². The van der Waals surface area contributed by atoms with Gasteiger partial charge >= 0.3 is 0 Å². The summed E-state index contributed by atoms with van der Waals surface area (Å²) in [6.07, 6.45) is 0. The summed E-state index contributed by atoms with van der Waals surface area (Å²) < 4.78 is 5.27. The molecule has 0 fully saturated rings. The van der Waals surface area contributed by atoms with Crippen molar-refractivity contribution in [3.8, 4) is 22.3 Å². The van der Waals surface area contributed by atoms with Gasteiger partial charge in [0.25, 0.3) is 0 Å². The zero-order valence-electron chi connectivity index (χ0n) is 42.7. The van der Waals surface area contributed by atoms with Crippen molar-refractivity contribution in [3.63, 3.8) is 0 Å². The van der Waals surface area contributed by atoms with Crippen LogP contribution in [0.1, 0.15) is 27.8 Å². The molecular formula is C71H52N4. The summed E-state index contributed by atoms with van der Waals surface area (Å²) in [5.41, 5.74) is 25.3. The minimum absolute atomic E-state index is 1.13. The summed E-state index contributed by atoms with van der Waals surface area (Å²) in [5, 5.41) is 9.95. The Morgan fingerprint density at radius 2 is 0.653 bits per heavy atom. The van der Waals surface area contributed by atoms with E-state index in [1.54, 1.807) is 0 Å². The quantitative estimate of drug-likeness (QED) is 0.151. The number of rotatable bonds is 8. The highest BCUT2D eigenvalue weighted by Gasteiger charge is 2.32. The summed E-state index contributed by atoms with van der Waals surface area (Å²) in [6, 6.07) is 83.8. The highest BCUT2D eigenvalue weighted by Crippen LogP contribution is 2.56. The molecule has 0 unspecified atom stereocenters. The van der Waals surface area contributed by atoms with E-state index in [-0.39, 0.29) is 0 Å². The molecule has 11 aromatic carbocycles. The standard InChI is InChI=1S/C71H52N4/c1-43-37-44(2)40-51(39-43)72(50-26-13-8-14-27-50)58-33-19-35-60-64(58)53-28-17-30-55-66-63(49-24-11-7-12-25-49)71-67(62(48-22-9-6-10-23-48)70(66)74(60)68(53)55)56-31-18-29-54-65-59(34-20-36-61(65)75(71)69(54)56)73(57-32-16-15-21-47(57)5)52-41-45(3)38-46(4)42-52/h6-42H,1-5H3. The number of hydrogen-bond acceptors (Lipinski definition) is 2. The minimum atomic E-state index is 1.13. The van der Waals surface area contributed by atoms with Crippen molar-refractivity contribution in [2.45, 2.75) is 34.6 Å². The molecule has 4 heteroatoms. The van der Waals surface area contributed by atoms with Crippen molar-refractivity contribution in [2.75, 3.05) is 9.80 Å². The Bertz CT molecular complexity index is 4710. The van der Waals surface area contributed by atoms with Gasteiger partial charge in [0.2, 0.25) is 0 Å². The average Bonchev–Trinajstić information content (AvgIpc) is 4.25. The van der Waals surface area contributed by atoms with Crippen LogP contribution in [0.25, 0.3) is 98.4 Å². The molecule has 4 aromatic heterocycles. The first-order chi connectivity index (χ1) is 36.8. The van der Waals surface area contributed by atoms with Gasteiger partial charge in [0.15, 0.2) is 0 Å². The molecule has 15 aromatic rings. The summed E-state index contributed by atoms with van der Waals surface area (Å²) in [5.74, 6) is 0. The molecule has 0 aliphatic rings. The van der Waals surface area contributed by atoms with Gasteiger partial charge in [-0.25, -0.2) is 0 Å². The van der Waals surface area contributed by atoms with E-state index in [9.17, 15) is 0 Å². The van der Waals surface area contributed by atoms with E-state index < -0.39 is 0 Å². The highest BCUT2D eigenvalue weighted by atomic mass is 15.2. The summed E-state index contributed by atoms with van der Waals surface area (Å²) in [4.78, 5) is 4.96. The zero-order valence-corrected chi connectivity index (χ0v) is 42.7. The van der Waals surface area contributed by atoms with Crippen molar-refractivity contribution in [1.82, 2.24) is 8.80 Å². The fourth-order valence-corrected chi connectivity index (χ4v) is 13.3. The maximum absolute atomic E-state index is 2.64. The Hall–Kier alpha value is -9.38. The van der Waals surface area contributed by atoms with Crippen molar-refractivity contribution >= 4 is 110 Å². The predicted molar refractivity (Wildman–Crippen MR) is 320 cm³/mol. The van der Waals surface area contributed by atoms with Gasteiger partial charge in [-0.3, -0.25) is 0 Å². The van der Waals surface area contributed by atoms with E-state index in [0.29, 0.717) is 0 Å². The van der Waals surface area contributed by atoms with Crippen LogP contribution in [0.15, 0.2) is 224 Å². The minimum Gasteiger partial charge on any atom is -0.310 e. The van der Waals surface area contributed by atoms with Gasteiger partial charge in [-0.1, -0.05) is 158 Å². The van der Waals surface area contributed by atoms with Crippen LogP contribution in [-0.4, -0.2) is 8.80 Å². The molecule has 75 heavy (non-hydrogen) atoms. The summed E-state index contributed by atoms with van der Waals surface area (Å²) in [6.45, 7) is 11.0. The first-order valence-corrected chi connectivity index (χ1v) is 26.2. The Morgan fingerprint density at radius 1 is 0.280 bits per heavy atom. The van der Waals surface area contributed by atoms with Crippen LogP contribution in [0, 0.1) is 34.6 Å². The van der Waals surface area contributed by atoms with Gasteiger partial charge in [0.1, 0.15) is 0 Å². The molecule has 0 radical (unpaired) electrons. The smallest absolute Gasteiger partial charge is 0.0634 e.